The minimum absolute atomic E-state index is 0.0293. The van der Waals surface area contributed by atoms with Crippen LogP contribution in [-0.2, 0) is 0 Å². The van der Waals surface area contributed by atoms with Gasteiger partial charge >= 0.3 is 0 Å². The highest BCUT2D eigenvalue weighted by Gasteiger charge is 2.23. The molecule has 0 spiro atoms. The fourth-order valence-corrected chi connectivity index (χ4v) is 1.31. The molecule has 0 aliphatic carbocycles. The molecule has 1 radical (unpaired) electrons. The van der Waals surface area contributed by atoms with Crippen LogP contribution in [0.25, 0.3) is 0 Å². The van der Waals surface area contributed by atoms with Crippen molar-refractivity contribution >= 4 is 23.2 Å². The number of nitrogens with zero attached hydrogens (tertiary/aromatic N) is 4. The second-order valence-corrected chi connectivity index (χ2v) is 3.32. The molecule has 8 heteroatoms. The van der Waals surface area contributed by atoms with Crippen molar-refractivity contribution in [3.8, 4) is 0 Å². The van der Waals surface area contributed by atoms with E-state index in [9.17, 15) is 10.2 Å². The first-order valence-electron chi connectivity index (χ1n) is 4.20. The van der Waals surface area contributed by atoms with Crippen LogP contribution in [0.15, 0.2) is 0 Å². The summed E-state index contributed by atoms with van der Waals surface area (Å²) in [5.74, 6) is -0.227. The van der Waals surface area contributed by atoms with Gasteiger partial charge in [0.05, 0.1) is 0 Å². The molecule has 0 saturated carbocycles. The van der Waals surface area contributed by atoms with Gasteiger partial charge in [-0.3, -0.25) is 5.73 Å². The van der Waals surface area contributed by atoms with Crippen LogP contribution >= 0.6 is 11.6 Å². The first-order chi connectivity index (χ1) is 6.95. The number of halogens is 1. The maximum Gasteiger partial charge on any atom is 0.191 e. The van der Waals surface area contributed by atoms with Gasteiger partial charge in [-0.15, -0.1) is 10.2 Å². The predicted octanol–water partition coefficient (Wildman–Crippen LogP) is -0.0776. The molecular weight excluding hydrogens is 222 g/mol. The van der Waals surface area contributed by atoms with E-state index in [1.165, 1.54) is 13.8 Å². The molecule has 1 heterocycles. The van der Waals surface area contributed by atoms with Gasteiger partial charge in [-0.1, -0.05) is 11.6 Å². The second-order valence-electron chi connectivity index (χ2n) is 2.95. The molecule has 0 aromatic carbocycles. The molecule has 7 nitrogen and oxygen atoms in total. The van der Waals surface area contributed by atoms with Crippen molar-refractivity contribution in [1.29, 1.82) is 0 Å². The summed E-state index contributed by atoms with van der Waals surface area (Å²) in [5.41, 5.74) is 7.30. The van der Waals surface area contributed by atoms with Gasteiger partial charge in [-0.05, 0) is 19.1 Å². The monoisotopic (exact) mass is 232 g/mol. The number of aliphatic hydroxyl groups is 2. The lowest BCUT2D eigenvalue weighted by Gasteiger charge is -2.29. The summed E-state index contributed by atoms with van der Waals surface area (Å²) in [4.78, 5) is 1.12. The van der Waals surface area contributed by atoms with Gasteiger partial charge in [0.15, 0.2) is 11.6 Å². The van der Waals surface area contributed by atoms with E-state index in [1.807, 2.05) is 0 Å². The summed E-state index contributed by atoms with van der Waals surface area (Å²) >= 11 is 5.76. The second kappa shape index (κ2) is 4.56. The fraction of sp³-hybridized carbons (Fsp3) is 0.571. The van der Waals surface area contributed by atoms with Crippen molar-refractivity contribution in [2.75, 3.05) is 4.90 Å². The Labute approximate surface area is 91.5 Å². The van der Waals surface area contributed by atoms with Gasteiger partial charge in [0.25, 0.3) is 0 Å². The smallest absolute Gasteiger partial charge is 0.191 e. The molecule has 1 aromatic heterocycles. The van der Waals surface area contributed by atoms with Crippen LogP contribution in [0, 0.1) is 0 Å². The summed E-state index contributed by atoms with van der Waals surface area (Å²) in [7, 11) is 0. The Morgan fingerprint density at radius 3 is 2.27 bits per heavy atom. The minimum Gasteiger partial charge on any atom is -0.374 e. The summed E-state index contributed by atoms with van der Waals surface area (Å²) in [6.07, 6.45) is -2.00. The van der Waals surface area contributed by atoms with Crippen molar-refractivity contribution in [2.24, 2.45) is 0 Å². The van der Waals surface area contributed by atoms with E-state index >= 15 is 0 Å². The lowest BCUT2D eigenvalue weighted by atomic mass is 10.4. The number of aliphatic hydroxyl groups excluding tert-OH is 2. The zero-order valence-corrected chi connectivity index (χ0v) is 8.97. The first kappa shape index (κ1) is 11.9. The van der Waals surface area contributed by atoms with Crippen LogP contribution in [0.5, 0.6) is 0 Å². The first-order valence-corrected chi connectivity index (χ1v) is 4.58. The Balaban J connectivity index is 3.17. The molecule has 1 rings (SSSR count). The van der Waals surface area contributed by atoms with E-state index in [-0.39, 0.29) is 16.7 Å². The molecule has 0 aliphatic heterocycles. The highest BCUT2D eigenvalue weighted by molar-refractivity contribution is 6.34. The number of rotatable bonds is 3. The van der Waals surface area contributed by atoms with E-state index in [0.29, 0.717) is 0 Å². The third-order valence-electron chi connectivity index (χ3n) is 1.74. The topological polar surface area (TPSA) is 106 Å². The van der Waals surface area contributed by atoms with Gasteiger partial charge in [0.1, 0.15) is 17.5 Å². The maximum absolute atomic E-state index is 9.41. The quantitative estimate of drug-likeness (QED) is 0.706. The van der Waals surface area contributed by atoms with Gasteiger partial charge in [0, 0.05) is 0 Å². The maximum atomic E-state index is 9.41. The average Bonchev–Trinajstić information content (AvgIpc) is 2.11. The van der Waals surface area contributed by atoms with Crippen molar-refractivity contribution < 1.29 is 10.2 Å². The number of aromatic nitrogens is 3. The molecule has 3 N–H and O–H groups in total. The van der Waals surface area contributed by atoms with Crippen LogP contribution in [0.1, 0.15) is 13.8 Å². The number of hydrogen-bond donors (Lipinski definition) is 2. The Kier molecular flexibility index (Phi) is 3.61. The highest BCUT2D eigenvalue weighted by Crippen LogP contribution is 2.28. The molecule has 2 atom stereocenters. The van der Waals surface area contributed by atoms with E-state index < -0.39 is 12.5 Å². The summed E-state index contributed by atoms with van der Waals surface area (Å²) < 4.78 is 0. The summed E-state index contributed by atoms with van der Waals surface area (Å²) in [6, 6.07) is 0. The third kappa shape index (κ3) is 2.44. The standard InChI is InChI=1S/C7H11ClN5O2/c1-3(14)13(4(2)15)7-5(8)6(9)10-12-11-7/h3-4,9,14-15H,1-2H3. The lowest BCUT2D eigenvalue weighted by molar-refractivity contribution is 0.103. The molecular formula is C7H11ClN5O2. The number of hydrogen-bond acceptors (Lipinski definition) is 6. The normalized spacial score (nSPS) is 14.7. The molecule has 1 aromatic rings. The molecule has 0 aliphatic rings. The summed E-state index contributed by atoms with van der Waals surface area (Å²) in [6.45, 7) is 2.88. The van der Waals surface area contributed by atoms with Gasteiger partial charge < -0.3 is 15.1 Å². The van der Waals surface area contributed by atoms with Crippen LogP contribution in [-0.4, -0.2) is 38.1 Å². The molecule has 0 amide bonds. The molecule has 83 valence electrons. The number of anilines is 1. The number of nitrogens with one attached hydrogen (secondary N) is 1. The average molecular weight is 233 g/mol. The molecule has 15 heavy (non-hydrogen) atoms. The van der Waals surface area contributed by atoms with Crippen molar-refractivity contribution in [3.05, 3.63) is 5.02 Å². The highest BCUT2D eigenvalue weighted by atomic mass is 35.5. The molecule has 0 saturated heterocycles. The largest absolute Gasteiger partial charge is 0.374 e. The van der Waals surface area contributed by atoms with Gasteiger partial charge in [-0.25, -0.2) is 0 Å². The Morgan fingerprint density at radius 2 is 1.80 bits per heavy atom. The van der Waals surface area contributed by atoms with Crippen LogP contribution in [0.3, 0.4) is 0 Å². The van der Waals surface area contributed by atoms with Crippen molar-refractivity contribution in [2.45, 2.75) is 26.3 Å². The third-order valence-corrected chi connectivity index (χ3v) is 2.09. The van der Waals surface area contributed by atoms with E-state index in [0.717, 1.165) is 4.90 Å². The minimum atomic E-state index is -1.00. The Bertz CT molecular complexity index is 338. The van der Waals surface area contributed by atoms with Crippen LogP contribution < -0.4 is 10.6 Å². The lowest BCUT2D eigenvalue weighted by Crippen LogP contribution is -2.41. The van der Waals surface area contributed by atoms with Crippen LogP contribution in [0.4, 0.5) is 11.6 Å². The molecule has 0 fully saturated rings. The molecule has 2 unspecified atom stereocenters. The Morgan fingerprint density at radius 1 is 1.27 bits per heavy atom. The van der Waals surface area contributed by atoms with Crippen molar-refractivity contribution in [1.82, 2.24) is 21.1 Å². The fourth-order valence-electron chi connectivity index (χ4n) is 1.13. The SMILES string of the molecule is CC(O)N(c1nnnc([NH])c1Cl)C(C)O. The zero-order valence-electron chi connectivity index (χ0n) is 8.22. The van der Waals surface area contributed by atoms with E-state index in [1.54, 1.807) is 0 Å². The molecule has 0 bridgehead atoms. The zero-order chi connectivity index (χ0) is 11.6. The van der Waals surface area contributed by atoms with Gasteiger partial charge in [-0.2, -0.15) is 0 Å². The predicted molar refractivity (Wildman–Crippen MR) is 53.4 cm³/mol. The van der Waals surface area contributed by atoms with Gasteiger partial charge in [0.2, 0.25) is 0 Å². The van der Waals surface area contributed by atoms with Crippen LogP contribution in [0.2, 0.25) is 5.02 Å². The van der Waals surface area contributed by atoms with E-state index in [4.69, 9.17) is 17.3 Å². The summed E-state index contributed by atoms with van der Waals surface area (Å²) in [5, 5.41) is 28.9. The Hall–Kier alpha value is -1.18. The van der Waals surface area contributed by atoms with E-state index in [2.05, 4.69) is 15.4 Å². The van der Waals surface area contributed by atoms with Crippen molar-refractivity contribution in [3.63, 3.8) is 0 Å².